The van der Waals surface area contributed by atoms with Gasteiger partial charge in [-0.2, -0.15) is 0 Å². The van der Waals surface area contributed by atoms with E-state index in [4.69, 9.17) is 9.57 Å². The Labute approximate surface area is 78.8 Å². The molecule has 0 aliphatic carbocycles. The Balaban J connectivity index is 2.51. The second-order valence-electron chi connectivity index (χ2n) is 3.99. The van der Waals surface area contributed by atoms with Crippen molar-refractivity contribution in [2.24, 2.45) is 5.92 Å². The van der Waals surface area contributed by atoms with Gasteiger partial charge in [-0.05, 0) is 20.3 Å². The van der Waals surface area contributed by atoms with Gasteiger partial charge in [-0.3, -0.25) is 9.63 Å². The van der Waals surface area contributed by atoms with Crippen LogP contribution in [0.4, 0.5) is 0 Å². The van der Waals surface area contributed by atoms with Gasteiger partial charge in [0.2, 0.25) is 0 Å². The van der Waals surface area contributed by atoms with E-state index in [1.165, 1.54) is 12.2 Å². The Hall–Kier alpha value is -0.610. The fourth-order valence-corrected chi connectivity index (χ4v) is 1.54. The Bertz CT molecular complexity index is 203. The van der Waals surface area contributed by atoms with Crippen molar-refractivity contribution in [3.05, 3.63) is 0 Å². The maximum atomic E-state index is 11.6. The lowest BCUT2D eigenvalue weighted by molar-refractivity contribution is -0.173. The van der Waals surface area contributed by atoms with Crippen LogP contribution in [0.1, 0.15) is 20.3 Å². The molecule has 1 fully saturated rings. The van der Waals surface area contributed by atoms with Crippen molar-refractivity contribution >= 4 is 5.91 Å². The molecule has 13 heavy (non-hydrogen) atoms. The SMILES string of the molecule is CON(C)C(=O)C1COC(C)(C)C1. The number of carbonyl (C=O) groups is 1. The van der Waals surface area contributed by atoms with Crippen LogP contribution in [-0.4, -0.2) is 37.3 Å². The van der Waals surface area contributed by atoms with E-state index in [0.717, 1.165) is 6.42 Å². The van der Waals surface area contributed by atoms with Gasteiger partial charge in [0.25, 0.3) is 5.91 Å². The predicted octanol–water partition coefficient (Wildman–Crippen LogP) is 0.821. The maximum Gasteiger partial charge on any atom is 0.251 e. The van der Waals surface area contributed by atoms with Crippen LogP contribution in [0.15, 0.2) is 0 Å². The van der Waals surface area contributed by atoms with Gasteiger partial charge in [-0.1, -0.05) is 0 Å². The second kappa shape index (κ2) is 3.64. The molecule has 1 saturated heterocycles. The van der Waals surface area contributed by atoms with E-state index in [2.05, 4.69) is 0 Å². The third-order valence-corrected chi connectivity index (χ3v) is 2.35. The van der Waals surface area contributed by atoms with Gasteiger partial charge >= 0.3 is 0 Å². The number of hydrogen-bond acceptors (Lipinski definition) is 3. The minimum atomic E-state index is -0.172. The fraction of sp³-hybridized carbons (Fsp3) is 0.889. The normalized spacial score (nSPS) is 26.0. The summed E-state index contributed by atoms with van der Waals surface area (Å²) in [6.07, 6.45) is 0.763. The van der Waals surface area contributed by atoms with Crippen LogP contribution in [0.25, 0.3) is 0 Å². The highest BCUT2D eigenvalue weighted by Crippen LogP contribution is 2.29. The molecule has 1 unspecified atom stereocenters. The van der Waals surface area contributed by atoms with Crippen molar-refractivity contribution in [1.29, 1.82) is 0 Å². The lowest BCUT2D eigenvalue weighted by atomic mass is 9.97. The van der Waals surface area contributed by atoms with Gasteiger partial charge in [0, 0.05) is 7.05 Å². The summed E-state index contributed by atoms with van der Waals surface area (Å²) in [5.74, 6) is -0.0620. The molecule has 0 aromatic heterocycles. The zero-order valence-electron chi connectivity index (χ0n) is 8.66. The first-order valence-corrected chi connectivity index (χ1v) is 4.42. The van der Waals surface area contributed by atoms with Crippen molar-refractivity contribution in [2.75, 3.05) is 20.8 Å². The zero-order valence-corrected chi connectivity index (χ0v) is 8.66. The summed E-state index contributed by atoms with van der Waals surface area (Å²) in [5.41, 5.74) is -0.172. The van der Waals surface area contributed by atoms with Gasteiger partial charge in [-0.25, -0.2) is 5.06 Å². The van der Waals surface area contributed by atoms with Crippen LogP contribution < -0.4 is 0 Å². The molecule has 0 bridgehead atoms. The largest absolute Gasteiger partial charge is 0.375 e. The van der Waals surface area contributed by atoms with E-state index in [0.29, 0.717) is 6.61 Å². The third kappa shape index (κ3) is 2.42. The molecule has 0 saturated carbocycles. The monoisotopic (exact) mass is 187 g/mol. The summed E-state index contributed by atoms with van der Waals surface area (Å²) >= 11 is 0. The minimum Gasteiger partial charge on any atom is -0.375 e. The number of amides is 1. The molecule has 76 valence electrons. The summed E-state index contributed by atoms with van der Waals surface area (Å²) in [5, 5.41) is 1.26. The van der Waals surface area contributed by atoms with E-state index < -0.39 is 0 Å². The maximum absolute atomic E-state index is 11.6. The predicted molar refractivity (Wildman–Crippen MR) is 47.9 cm³/mol. The first-order valence-electron chi connectivity index (χ1n) is 4.42. The molecular formula is C9H17NO3. The number of ether oxygens (including phenoxy) is 1. The van der Waals surface area contributed by atoms with Crippen molar-refractivity contribution in [1.82, 2.24) is 5.06 Å². The van der Waals surface area contributed by atoms with Crippen LogP contribution in [-0.2, 0) is 14.4 Å². The highest BCUT2D eigenvalue weighted by Gasteiger charge is 2.37. The molecular weight excluding hydrogens is 170 g/mol. The van der Waals surface area contributed by atoms with Gasteiger partial charge in [0.1, 0.15) is 0 Å². The van der Waals surface area contributed by atoms with Crippen molar-refractivity contribution in [3.63, 3.8) is 0 Å². The first-order chi connectivity index (χ1) is 5.96. The summed E-state index contributed by atoms with van der Waals surface area (Å²) in [6, 6.07) is 0. The van der Waals surface area contributed by atoms with Gasteiger partial charge in [0.15, 0.2) is 0 Å². The summed E-state index contributed by atoms with van der Waals surface area (Å²) < 4.78 is 5.47. The second-order valence-corrected chi connectivity index (χ2v) is 3.99. The number of rotatable bonds is 2. The van der Waals surface area contributed by atoms with Crippen molar-refractivity contribution in [3.8, 4) is 0 Å². The van der Waals surface area contributed by atoms with Crippen LogP contribution in [0.2, 0.25) is 0 Å². The topological polar surface area (TPSA) is 38.8 Å². The number of carbonyl (C=O) groups excluding carboxylic acids is 1. The summed E-state index contributed by atoms with van der Waals surface area (Å²) in [7, 11) is 3.10. The first kappa shape index (κ1) is 10.5. The molecule has 0 aromatic carbocycles. The van der Waals surface area contributed by atoms with Gasteiger partial charge in [-0.15, -0.1) is 0 Å². The molecule has 0 N–H and O–H groups in total. The van der Waals surface area contributed by atoms with E-state index >= 15 is 0 Å². The van der Waals surface area contributed by atoms with E-state index in [1.807, 2.05) is 13.8 Å². The van der Waals surface area contributed by atoms with Gasteiger partial charge in [0.05, 0.1) is 25.2 Å². The summed E-state index contributed by atoms with van der Waals surface area (Å²) in [4.78, 5) is 16.4. The van der Waals surface area contributed by atoms with E-state index in [9.17, 15) is 4.79 Å². The Morgan fingerprint density at radius 1 is 1.62 bits per heavy atom. The highest BCUT2D eigenvalue weighted by atomic mass is 16.7. The lowest BCUT2D eigenvalue weighted by Gasteiger charge is -2.18. The molecule has 0 aromatic rings. The average Bonchev–Trinajstić information content (AvgIpc) is 2.43. The third-order valence-electron chi connectivity index (χ3n) is 2.35. The number of nitrogens with zero attached hydrogens (tertiary/aromatic N) is 1. The Kier molecular flexibility index (Phi) is 2.93. The average molecular weight is 187 g/mol. The highest BCUT2D eigenvalue weighted by molar-refractivity contribution is 5.78. The molecule has 1 aliphatic rings. The molecule has 0 spiro atoms. The molecule has 1 amide bonds. The van der Waals surface area contributed by atoms with Crippen LogP contribution >= 0.6 is 0 Å². The van der Waals surface area contributed by atoms with Crippen LogP contribution in [0.5, 0.6) is 0 Å². The van der Waals surface area contributed by atoms with Gasteiger partial charge < -0.3 is 4.74 Å². The molecule has 4 heteroatoms. The molecule has 1 rings (SSSR count). The van der Waals surface area contributed by atoms with Crippen molar-refractivity contribution < 1.29 is 14.4 Å². The molecule has 0 radical (unpaired) electrons. The quantitative estimate of drug-likeness (QED) is 0.601. The fourth-order valence-electron chi connectivity index (χ4n) is 1.54. The smallest absolute Gasteiger partial charge is 0.251 e. The molecule has 4 nitrogen and oxygen atoms in total. The standard InChI is InChI=1S/C9H17NO3/c1-9(2)5-7(6-13-9)8(11)10(3)12-4/h7H,5-6H2,1-4H3. The number of hydroxylamine groups is 2. The minimum absolute atomic E-state index is 0.00641. The molecule has 1 atom stereocenters. The van der Waals surface area contributed by atoms with E-state index in [-0.39, 0.29) is 17.4 Å². The lowest BCUT2D eigenvalue weighted by Crippen LogP contribution is -2.32. The number of hydrogen-bond donors (Lipinski definition) is 0. The van der Waals surface area contributed by atoms with Crippen LogP contribution in [0.3, 0.4) is 0 Å². The molecule has 1 heterocycles. The van der Waals surface area contributed by atoms with Crippen LogP contribution in [0, 0.1) is 5.92 Å². The zero-order chi connectivity index (χ0) is 10.1. The Morgan fingerprint density at radius 3 is 2.62 bits per heavy atom. The van der Waals surface area contributed by atoms with Crippen molar-refractivity contribution in [2.45, 2.75) is 25.9 Å². The Morgan fingerprint density at radius 2 is 2.23 bits per heavy atom. The van der Waals surface area contributed by atoms with E-state index in [1.54, 1.807) is 7.05 Å². The summed E-state index contributed by atoms with van der Waals surface area (Å²) in [6.45, 7) is 4.49. The molecule has 1 aliphatic heterocycles.